The third kappa shape index (κ3) is 5.45. The summed E-state index contributed by atoms with van der Waals surface area (Å²) < 4.78 is 5.02. The van der Waals surface area contributed by atoms with Crippen LogP contribution >= 0.6 is 47.9 Å². The average molecular weight is 271 g/mol. The van der Waals surface area contributed by atoms with Gasteiger partial charge in [0, 0.05) is 46.4 Å². The van der Waals surface area contributed by atoms with Crippen LogP contribution in [0.2, 0.25) is 0 Å². The monoisotopic (exact) mass is 270 g/mol. The van der Waals surface area contributed by atoms with Crippen molar-refractivity contribution in [2.45, 2.75) is 10.5 Å². The molecule has 2 unspecified atom stereocenters. The van der Waals surface area contributed by atoms with Crippen LogP contribution in [0.3, 0.4) is 0 Å². The second-order valence-corrected chi connectivity index (χ2v) is 7.34. The number of hydrogen-bond donors (Lipinski definition) is 1. The van der Waals surface area contributed by atoms with Gasteiger partial charge < -0.3 is 4.74 Å². The topological polar surface area (TPSA) is 9.23 Å². The maximum Gasteiger partial charge on any atom is 0.0552 e. The summed E-state index contributed by atoms with van der Waals surface area (Å²) >= 11 is 10.6. The van der Waals surface area contributed by atoms with Crippen LogP contribution < -0.4 is 0 Å². The largest absolute Gasteiger partial charge is 0.384 e. The highest BCUT2D eigenvalue weighted by Gasteiger charge is 2.20. The Morgan fingerprint density at radius 3 is 2.64 bits per heavy atom. The Kier molecular flexibility index (Phi) is 8.16. The molecule has 2 atom stereocenters. The number of thiol groups is 1. The zero-order chi connectivity index (χ0) is 10.2. The van der Waals surface area contributed by atoms with E-state index in [-0.39, 0.29) is 0 Å². The molecule has 0 aliphatic carbocycles. The second kappa shape index (κ2) is 8.50. The lowest BCUT2D eigenvalue weighted by Gasteiger charge is -2.26. The van der Waals surface area contributed by atoms with Gasteiger partial charge in [-0.05, 0) is 0 Å². The van der Waals surface area contributed by atoms with Crippen molar-refractivity contribution in [1.29, 1.82) is 0 Å². The third-order valence-electron chi connectivity index (χ3n) is 1.97. The summed E-state index contributed by atoms with van der Waals surface area (Å²) in [5.41, 5.74) is 0. The number of thioether (sulfide) groups is 3. The molecule has 0 aromatic rings. The molecule has 0 aromatic heterocycles. The Labute approximate surface area is 105 Å². The summed E-state index contributed by atoms with van der Waals surface area (Å²) in [4.78, 5) is 0. The summed E-state index contributed by atoms with van der Waals surface area (Å²) in [7, 11) is 1.77. The predicted octanol–water partition coefficient (Wildman–Crippen LogP) is 2.51. The van der Waals surface area contributed by atoms with Crippen molar-refractivity contribution in [1.82, 2.24) is 0 Å². The summed E-state index contributed by atoms with van der Waals surface area (Å²) in [6.07, 6.45) is 0. The minimum absolute atomic E-state index is 0.781. The fraction of sp³-hybridized carbons (Fsp3) is 1.00. The summed E-state index contributed by atoms with van der Waals surface area (Å²) in [5, 5.41) is 1.63. The van der Waals surface area contributed by atoms with E-state index < -0.39 is 0 Å². The first-order chi connectivity index (χ1) is 6.86. The first kappa shape index (κ1) is 13.4. The Balaban J connectivity index is 1.98. The summed E-state index contributed by atoms with van der Waals surface area (Å²) in [5.74, 6) is 6.02. The van der Waals surface area contributed by atoms with E-state index in [1.807, 2.05) is 11.8 Å². The number of hydrogen-bond acceptors (Lipinski definition) is 5. The van der Waals surface area contributed by atoms with Crippen LogP contribution in [0.25, 0.3) is 0 Å². The Bertz CT molecular complexity index is 137. The molecule has 1 heterocycles. The average Bonchev–Trinajstić information content (AvgIpc) is 2.25. The van der Waals surface area contributed by atoms with Crippen molar-refractivity contribution in [2.24, 2.45) is 0 Å². The quantitative estimate of drug-likeness (QED) is 0.586. The second-order valence-electron chi connectivity index (χ2n) is 3.16. The van der Waals surface area contributed by atoms with Crippen molar-refractivity contribution >= 4 is 47.9 Å². The lowest BCUT2D eigenvalue weighted by Crippen LogP contribution is -2.24. The smallest absolute Gasteiger partial charge is 0.0552 e. The van der Waals surface area contributed by atoms with E-state index in [2.05, 4.69) is 36.2 Å². The molecule has 1 aliphatic rings. The number of methoxy groups -OCH3 is 1. The molecule has 0 spiro atoms. The van der Waals surface area contributed by atoms with E-state index in [0.29, 0.717) is 0 Å². The molecule has 14 heavy (non-hydrogen) atoms. The highest BCUT2D eigenvalue weighted by atomic mass is 32.2. The minimum Gasteiger partial charge on any atom is -0.384 e. The molecule has 0 amide bonds. The van der Waals surface area contributed by atoms with Crippen molar-refractivity contribution in [3.05, 3.63) is 0 Å². The molecule has 0 saturated carbocycles. The molecule has 0 aromatic carbocycles. The van der Waals surface area contributed by atoms with Gasteiger partial charge in [-0.25, -0.2) is 0 Å². The highest BCUT2D eigenvalue weighted by molar-refractivity contribution is 8.08. The summed E-state index contributed by atoms with van der Waals surface area (Å²) in [6.45, 7) is 0.883. The molecule has 1 aliphatic heterocycles. The molecule has 84 valence electrons. The van der Waals surface area contributed by atoms with Crippen molar-refractivity contribution in [3.8, 4) is 0 Å². The molecule has 1 rings (SSSR count). The molecule has 0 N–H and O–H groups in total. The SMILES string of the molecule is COCCSCC1CSC(CS)CS1. The molecule has 5 heteroatoms. The lowest BCUT2D eigenvalue weighted by molar-refractivity contribution is 0.218. The van der Waals surface area contributed by atoms with E-state index in [1.165, 1.54) is 17.3 Å². The number of ether oxygens (including phenoxy) is 1. The van der Waals surface area contributed by atoms with Crippen LogP contribution in [0.15, 0.2) is 0 Å². The van der Waals surface area contributed by atoms with Crippen LogP contribution in [0.1, 0.15) is 0 Å². The Hall–Kier alpha value is 1.36. The normalized spacial score (nSPS) is 27.9. The predicted molar refractivity (Wildman–Crippen MR) is 75.5 cm³/mol. The zero-order valence-electron chi connectivity index (χ0n) is 8.48. The van der Waals surface area contributed by atoms with Crippen LogP contribution in [0.5, 0.6) is 0 Å². The van der Waals surface area contributed by atoms with E-state index in [4.69, 9.17) is 4.74 Å². The molecular weight excluding hydrogens is 252 g/mol. The fourth-order valence-corrected chi connectivity index (χ4v) is 5.97. The van der Waals surface area contributed by atoms with Gasteiger partial charge >= 0.3 is 0 Å². The molecule has 1 nitrogen and oxygen atoms in total. The Morgan fingerprint density at radius 2 is 2.07 bits per heavy atom. The molecule has 1 fully saturated rings. The third-order valence-corrected chi connectivity index (χ3v) is 7.19. The number of rotatable bonds is 6. The lowest BCUT2D eigenvalue weighted by atomic mass is 10.5. The van der Waals surface area contributed by atoms with E-state index >= 15 is 0 Å². The van der Waals surface area contributed by atoms with Crippen molar-refractivity contribution < 1.29 is 4.74 Å². The highest BCUT2D eigenvalue weighted by Crippen LogP contribution is 2.32. The van der Waals surface area contributed by atoms with Gasteiger partial charge in [-0.15, -0.1) is 0 Å². The van der Waals surface area contributed by atoms with E-state index in [0.717, 1.165) is 28.6 Å². The van der Waals surface area contributed by atoms with Gasteiger partial charge in [-0.1, -0.05) is 0 Å². The van der Waals surface area contributed by atoms with Gasteiger partial charge in [0.05, 0.1) is 6.61 Å². The molecule has 0 bridgehead atoms. The molecule has 1 saturated heterocycles. The van der Waals surface area contributed by atoms with E-state index in [1.54, 1.807) is 7.11 Å². The Morgan fingerprint density at radius 1 is 1.36 bits per heavy atom. The summed E-state index contributed by atoms with van der Waals surface area (Å²) in [6, 6.07) is 0. The van der Waals surface area contributed by atoms with Crippen LogP contribution in [-0.4, -0.2) is 53.0 Å². The molecule has 0 radical (unpaired) electrons. The molecular formula is C9H18OS4. The maximum absolute atomic E-state index is 5.02. The maximum atomic E-state index is 5.02. The minimum atomic E-state index is 0.781. The fourth-order valence-electron chi connectivity index (χ4n) is 1.14. The van der Waals surface area contributed by atoms with Gasteiger partial charge in [0.25, 0.3) is 0 Å². The van der Waals surface area contributed by atoms with Crippen molar-refractivity contribution in [3.63, 3.8) is 0 Å². The first-order valence-corrected chi connectivity index (χ1v) is 8.66. The van der Waals surface area contributed by atoms with Gasteiger partial charge in [0.2, 0.25) is 0 Å². The van der Waals surface area contributed by atoms with Gasteiger partial charge in [-0.3, -0.25) is 0 Å². The van der Waals surface area contributed by atoms with Crippen LogP contribution in [-0.2, 0) is 4.74 Å². The van der Waals surface area contributed by atoms with Gasteiger partial charge in [-0.2, -0.15) is 47.9 Å². The zero-order valence-corrected chi connectivity index (χ0v) is 11.8. The van der Waals surface area contributed by atoms with Crippen molar-refractivity contribution in [2.75, 3.05) is 42.5 Å². The first-order valence-electron chi connectivity index (χ1n) is 4.77. The standard InChI is InChI=1S/C9H18OS4/c1-10-2-3-12-5-9-7-13-8(4-11)6-14-9/h8-9,11H,2-7H2,1H3. The van der Waals surface area contributed by atoms with Gasteiger partial charge in [0.1, 0.15) is 0 Å². The van der Waals surface area contributed by atoms with E-state index in [9.17, 15) is 0 Å². The van der Waals surface area contributed by atoms with Crippen LogP contribution in [0, 0.1) is 0 Å². The van der Waals surface area contributed by atoms with Gasteiger partial charge in [0.15, 0.2) is 0 Å². The van der Waals surface area contributed by atoms with Crippen LogP contribution in [0.4, 0.5) is 0 Å².